The molecule has 2 aliphatic rings. The Bertz CT molecular complexity index is 755. The maximum Gasteiger partial charge on any atom is 0.319 e. The van der Waals surface area contributed by atoms with Crippen LogP contribution in [0.15, 0.2) is 18.2 Å². The number of hydrogen-bond acceptors (Lipinski definition) is 4. The van der Waals surface area contributed by atoms with Crippen molar-refractivity contribution in [2.75, 3.05) is 33.3 Å². The zero-order chi connectivity index (χ0) is 21.4. The summed E-state index contributed by atoms with van der Waals surface area (Å²) >= 11 is 0. The normalized spacial score (nSPS) is 25.4. The third-order valence-corrected chi connectivity index (χ3v) is 7.77. The number of carbonyl (C=O) groups excluding carboxylic acids is 1. The largest absolute Gasteiger partial charge is 0.508 e. The summed E-state index contributed by atoms with van der Waals surface area (Å²) in [6.45, 7) is 8.09. The molecule has 1 aromatic rings. The first-order chi connectivity index (χ1) is 13.5. The number of benzene rings is 1. The number of urea groups is 1. The van der Waals surface area contributed by atoms with Crippen molar-refractivity contribution in [2.45, 2.75) is 63.9 Å². The Morgan fingerprint density at radius 3 is 2.45 bits per heavy atom. The number of likely N-dealkylation sites (tertiary alicyclic amines) is 1. The molecule has 2 amide bonds. The van der Waals surface area contributed by atoms with Crippen molar-refractivity contribution in [3.8, 4) is 5.75 Å². The number of rotatable bonds is 4. The van der Waals surface area contributed by atoms with Gasteiger partial charge in [-0.1, -0.05) is 32.9 Å². The van der Waals surface area contributed by atoms with Crippen LogP contribution in [0.5, 0.6) is 5.75 Å². The van der Waals surface area contributed by atoms with Crippen molar-refractivity contribution in [2.24, 2.45) is 5.41 Å². The molecule has 162 valence electrons. The van der Waals surface area contributed by atoms with Crippen LogP contribution >= 0.6 is 0 Å². The number of aromatic hydroxyl groups is 1. The molecule has 6 heteroatoms. The van der Waals surface area contributed by atoms with Gasteiger partial charge >= 0.3 is 6.03 Å². The number of aliphatic hydroxyl groups is 2. The van der Waals surface area contributed by atoms with Crippen LogP contribution in [0.25, 0.3) is 0 Å². The number of phenolic OH excluding ortho intramolecular Hbond substituents is 1. The predicted octanol–water partition coefficient (Wildman–Crippen LogP) is 2.88. The molecule has 0 aromatic heterocycles. The molecule has 1 fully saturated rings. The second-order valence-corrected chi connectivity index (χ2v) is 9.84. The van der Waals surface area contributed by atoms with Crippen molar-refractivity contribution < 1.29 is 20.1 Å². The second kappa shape index (κ2) is 7.80. The summed E-state index contributed by atoms with van der Waals surface area (Å²) in [5, 5.41) is 29.8. The van der Waals surface area contributed by atoms with E-state index in [-0.39, 0.29) is 23.5 Å². The SMILES string of the molecule is CN(CC[C@@]1(C)c2cccc(O)c2CCC1(C)C)C(=O)N1CCC(O)(CO)CC1. The Labute approximate surface area is 174 Å². The van der Waals surface area contributed by atoms with Crippen molar-refractivity contribution in [3.63, 3.8) is 0 Å². The summed E-state index contributed by atoms with van der Waals surface area (Å²) in [6.07, 6.45) is 3.49. The first-order valence-corrected chi connectivity index (χ1v) is 10.7. The van der Waals surface area contributed by atoms with Gasteiger partial charge in [-0.15, -0.1) is 0 Å². The summed E-state index contributed by atoms with van der Waals surface area (Å²) in [5.41, 5.74) is 1.09. The van der Waals surface area contributed by atoms with E-state index in [0.717, 1.165) is 24.8 Å². The zero-order valence-corrected chi connectivity index (χ0v) is 18.2. The molecule has 1 aliphatic carbocycles. The van der Waals surface area contributed by atoms with Gasteiger partial charge in [0.15, 0.2) is 0 Å². The highest BCUT2D eigenvalue weighted by molar-refractivity contribution is 5.74. The van der Waals surface area contributed by atoms with Crippen LogP contribution in [0.4, 0.5) is 4.79 Å². The van der Waals surface area contributed by atoms with Crippen LogP contribution in [0.3, 0.4) is 0 Å². The van der Waals surface area contributed by atoms with Gasteiger partial charge in [-0.05, 0) is 60.1 Å². The summed E-state index contributed by atoms with van der Waals surface area (Å²) in [4.78, 5) is 16.4. The lowest BCUT2D eigenvalue weighted by Crippen LogP contribution is -2.52. The quantitative estimate of drug-likeness (QED) is 0.720. The molecular formula is C23H36N2O4. The molecule has 6 nitrogen and oxygen atoms in total. The molecule has 0 unspecified atom stereocenters. The molecule has 0 spiro atoms. The molecule has 3 N–H and O–H groups in total. The molecular weight excluding hydrogens is 368 g/mol. The van der Waals surface area contributed by atoms with E-state index in [1.807, 2.05) is 13.1 Å². The second-order valence-electron chi connectivity index (χ2n) is 9.84. The molecule has 0 bridgehead atoms. The van der Waals surface area contributed by atoms with Crippen LogP contribution in [-0.4, -0.2) is 70.0 Å². The number of fused-ring (bicyclic) bond motifs is 1. The van der Waals surface area contributed by atoms with Crippen LogP contribution in [-0.2, 0) is 11.8 Å². The van der Waals surface area contributed by atoms with Gasteiger partial charge in [0.1, 0.15) is 5.75 Å². The molecule has 0 saturated carbocycles. The number of aliphatic hydroxyl groups excluding tert-OH is 1. The molecule has 1 aromatic carbocycles. The van der Waals surface area contributed by atoms with Gasteiger partial charge in [0.25, 0.3) is 0 Å². The lowest BCUT2D eigenvalue weighted by atomic mass is 9.55. The van der Waals surface area contributed by atoms with E-state index in [0.29, 0.717) is 38.2 Å². The monoisotopic (exact) mass is 404 g/mol. The van der Waals surface area contributed by atoms with Crippen LogP contribution in [0.2, 0.25) is 0 Å². The zero-order valence-electron chi connectivity index (χ0n) is 18.2. The van der Waals surface area contributed by atoms with Crippen molar-refractivity contribution >= 4 is 6.03 Å². The molecule has 1 saturated heterocycles. The van der Waals surface area contributed by atoms with Crippen LogP contribution < -0.4 is 0 Å². The van der Waals surface area contributed by atoms with E-state index in [1.54, 1.807) is 15.9 Å². The van der Waals surface area contributed by atoms with E-state index < -0.39 is 5.60 Å². The Morgan fingerprint density at radius 1 is 1.17 bits per heavy atom. The molecule has 1 aliphatic heterocycles. The van der Waals surface area contributed by atoms with Gasteiger partial charge < -0.3 is 25.1 Å². The number of hydrogen-bond donors (Lipinski definition) is 3. The van der Waals surface area contributed by atoms with Gasteiger partial charge in [0, 0.05) is 26.7 Å². The lowest BCUT2D eigenvalue weighted by molar-refractivity contribution is -0.0542. The predicted molar refractivity (Wildman–Crippen MR) is 113 cm³/mol. The van der Waals surface area contributed by atoms with Crippen molar-refractivity contribution in [1.29, 1.82) is 0 Å². The highest BCUT2D eigenvalue weighted by Crippen LogP contribution is 2.53. The fourth-order valence-corrected chi connectivity index (χ4v) is 4.91. The van der Waals surface area contributed by atoms with E-state index in [1.165, 1.54) is 5.56 Å². The molecule has 1 heterocycles. The average molecular weight is 405 g/mol. The van der Waals surface area contributed by atoms with E-state index in [2.05, 4.69) is 26.8 Å². The third-order valence-electron chi connectivity index (χ3n) is 7.77. The third kappa shape index (κ3) is 3.97. The molecule has 29 heavy (non-hydrogen) atoms. The van der Waals surface area contributed by atoms with Crippen molar-refractivity contribution in [1.82, 2.24) is 9.80 Å². The fraction of sp³-hybridized carbons (Fsp3) is 0.696. The standard InChI is InChI=1S/C23H36N2O4/c1-21(2)9-8-17-18(6-5-7-19(17)27)22(21,3)10-13-24(4)20(28)25-14-11-23(29,16-26)12-15-25/h5-7,26-27,29H,8-16H2,1-4H3/t22-/m0/s1. The number of piperidine rings is 1. The highest BCUT2D eigenvalue weighted by Gasteiger charge is 2.46. The Morgan fingerprint density at radius 2 is 1.83 bits per heavy atom. The van der Waals surface area contributed by atoms with Crippen LogP contribution in [0, 0.1) is 5.41 Å². The first kappa shape index (κ1) is 21.9. The Kier molecular flexibility index (Phi) is 5.89. The molecule has 1 atom stereocenters. The summed E-state index contributed by atoms with van der Waals surface area (Å²) in [5.74, 6) is 0.373. The Hall–Kier alpha value is -1.79. The van der Waals surface area contributed by atoms with Crippen LogP contribution in [0.1, 0.15) is 57.6 Å². The maximum atomic E-state index is 12.9. The van der Waals surface area contributed by atoms with Gasteiger partial charge in [0.2, 0.25) is 0 Å². The van der Waals surface area contributed by atoms with Gasteiger partial charge in [-0.2, -0.15) is 0 Å². The lowest BCUT2D eigenvalue weighted by Gasteiger charge is -2.50. The van der Waals surface area contributed by atoms with Gasteiger partial charge in [-0.3, -0.25) is 0 Å². The van der Waals surface area contributed by atoms with Gasteiger partial charge in [-0.25, -0.2) is 4.79 Å². The minimum Gasteiger partial charge on any atom is -0.508 e. The van der Waals surface area contributed by atoms with E-state index in [4.69, 9.17) is 0 Å². The van der Waals surface area contributed by atoms with E-state index in [9.17, 15) is 20.1 Å². The van der Waals surface area contributed by atoms with E-state index >= 15 is 0 Å². The maximum absolute atomic E-state index is 12.9. The minimum atomic E-state index is -1.05. The number of amides is 2. The first-order valence-electron chi connectivity index (χ1n) is 10.7. The van der Waals surface area contributed by atoms with Crippen molar-refractivity contribution in [3.05, 3.63) is 29.3 Å². The topological polar surface area (TPSA) is 84.2 Å². The average Bonchev–Trinajstić information content (AvgIpc) is 2.69. The number of carbonyl (C=O) groups is 1. The van der Waals surface area contributed by atoms with Gasteiger partial charge in [0.05, 0.1) is 12.2 Å². The number of phenols is 1. The smallest absolute Gasteiger partial charge is 0.319 e. The number of nitrogens with zero attached hydrogens (tertiary/aromatic N) is 2. The summed E-state index contributed by atoms with van der Waals surface area (Å²) in [6, 6.07) is 5.77. The molecule has 0 radical (unpaired) electrons. The fourth-order valence-electron chi connectivity index (χ4n) is 4.91. The summed E-state index contributed by atoms with van der Waals surface area (Å²) in [7, 11) is 1.83. The highest BCUT2D eigenvalue weighted by atomic mass is 16.3. The minimum absolute atomic E-state index is 0.0293. The molecule has 3 rings (SSSR count). The Balaban J connectivity index is 1.70. The summed E-state index contributed by atoms with van der Waals surface area (Å²) < 4.78 is 0.